The number of aliphatic hydroxyl groups excluding tert-OH is 1. The summed E-state index contributed by atoms with van der Waals surface area (Å²) in [7, 11) is 0. The fraction of sp³-hybridized carbons (Fsp3) is 0.333. The maximum atomic E-state index is 11.6. The number of carbonyl (C=O) groups excluding carboxylic acids is 1. The summed E-state index contributed by atoms with van der Waals surface area (Å²) in [6.45, 7) is 3.40. The highest BCUT2D eigenvalue weighted by molar-refractivity contribution is 5.92. The first kappa shape index (κ1) is 12.2. The SMILES string of the molecule is CCOC(=O)c1cc(C)cc(C#N)c1CO. The van der Waals surface area contributed by atoms with Gasteiger partial charge in [0, 0.05) is 5.56 Å². The Morgan fingerprint density at radius 2 is 2.25 bits per heavy atom. The molecule has 0 saturated heterocycles. The van der Waals surface area contributed by atoms with Gasteiger partial charge in [-0.1, -0.05) is 0 Å². The Labute approximate surface area is 94.1 Å². The first-order valence-electron chi connectivity index (χ1n) is 4.95. The topological polar surface area (TPSA) is 70.3 Å². The molecule has 0 aliphatic carbocycles. The van der Waals surface area contributed by atoms with Gasteiger partial charge < -0.3 is 9.84 Å². The number of esters is 1. The van der Waals surface area contributed by atoms with E-state index in [9.17, 15) is 9.90 Å². The molecule has 0 bridgehead atoms. The van der Waals surface area contributed by atoms with Crippen LogP contribution in [0.25, 0.3) is 0 Å². The van der Waals surface area contributed by atoms with Crippen molar-refractivity contribution in [3.8, 4) is 6.07 Å². The van der Waals surface area contributed by atoms with Crippen molar-refractivity contribution in [2.45, 2.75) is 20.5 Å². The highest BCUT2D eigenvalue weighted by Crippen LogP contribution is 2.18. The lowest BCUT2D eigenvalue weighted by molar-refractivity contribution is 0.0522. The van der Waals surface area contributed by atoms with Crippen molar-refractivity contribution in [1.29, 1.82) is 5.26 Å². The lowest BCUT2D eigenvalue weighted by atomic mass is 9.99. The minimum absolute atomic E-state index is 0.263. The van der Waals surface area contributed by atoms with Gasteiger partial charge in [0.15, 0.2) is 0 Å². The van der Waals surface area contributed by atoms with E-state index in [1.165, 1.54) is 0 Å². The molecule has 0 amide bonds. The van der Waals surface area contributed by atoms with Gasteiger partial charge in [0.1, 0.15) is 0 Å². The lowest BCUT2D eigenvalue weighted by Crippen LogP contribution is -2.10. The highest BCUT2D eigenvalue weighted by atomic mass is 16.5. The zero-order valence-electron chi connectivity index (χ0n) is 9.28. The summed E-state index contributed by atoms with van der Waals surface area (Å²) >= 11 is 0. The van der Waals surface area contributed by atoms with E-state index in [0.717, 1.165) is 5.56 Å². The van der Waals surface area contributed by atoms with Crippen LogP contribution in [-0.4, -0.2) is 17.7 Å². The van der Waals surface area contributed by atoms with E-state index < -0.39 is 5.97 Å². The van der Waals surface area contributed by atoms with Gasteiger partial charge in [-0.25, -0.2) is 4.79 Å². The molecule has 0 spiro atoms. The van der Waals surface area contributed by atoms with Gasteiger partial charge in [0.05, 0.1) is 30.4 Å². The Morgan fingerprint density at radius 3 is 2.75 bits per heavy atom. The molecule has 1 N–H and O–H groups in total. The number of ether oxygens (including phenoxy) is 1. The number of benzene rings is 1. The summed E-state index contributed by atoms with van der Waals surface area (Å²) in [6, 6.07) is 5.21. The fourth-order valence-electron chi connectivity index (χ4n) is 1.48. The summed E-state index contributed by atoms with van der Waals surface area (Å²) in [6.07, 6.45) is 0. The number of aliphatic hydroxyl groups is 1. The fourth-order valence-corrected chi connectivity index (χ4v) is 1.48. The summed E-state index contributed by atoms with van der Waals surface area (Å²) in [4.78, 5) is 11.6. The van der Waals surface area contributed by atoms with Crippen molar-refractivity contribution in [3.05, 3.63) is 34.4 Å². The maximum absolute atomic E-state index is 11.6. The molecular weight excluding hydrogens is 206 g/mol. The van der Waals surface area contributed by atoms with Gasteiger partial charge in [-0.05, 0) is 31.5 Å². The van der Waals surface area contributed by atoms with Crippen LogP contribution in [0.15, 0.2) is 12.1 Å². The predicted molar refractivity (Wildman–Crippen MR) is 57.8 cm³/mol. The molecule has 1 rings (SSSR count). The summed E-state index contributed by atoms with van der Waals surface area (Å²) in [5.74, 6) is -0.508. The Hall–Kier alpha value is -1.86. The van der Waals surface area contributed by atoms with Crippen LogP contribution in [0, 0.1) is 18.3 Å². The molecule has 4 heteroatoms. The average Bonchev–Trinajstić information content (AvgIpc) is 2.28. The molecule has 4 nitrogen and oxygen atoms in total. The number of aryl methyl sites for hydroxylation is 1. The van der Waals surface area contributed by atoms with Crippen molar-refractivity contribution in [2.24, 2.45) is 0 Å². The first-order valence-corrected chi connectivity index (χ1v) is 4.95. The molecule has 84 valence electrons. The second kappa shape index (κ2) is 5.29. The van der Waals surface area contributed by atoms with Gasteiger partial charge in [-0.3, -0.25) is 0 Å². The molecule has 1 aromatic rings. The molecule has 1 aromatic carbocycles. The molecule has 0 fully saturated rings. The van der Waals surface area contributed by atoms with Crippen LogP contribution in [0.2, 0.25) is 0 Å². The third-order valence-corrected chi connectivity index (χ3v) is 2.17. The van der Waals surface area contributed by atoms with E-state index in [4.69, 9.17) is 10.00 Å². The van der Waals surface area contributed by atoms with Gasteiger partial charge in [-0.15, -0.1) is 0 Å². The van der Waals surface area contributed by atoms with Gasteiger partial charge in [0.2, 0.25) is 0 Å². The van der Waals surface area contributed by atoms with Gasteiger partial charge in [-0.2, -0.15) is 5.26 Å². The minimum Gasteiger partial charge on any atom is -0.462 e. The van der Waals surface area contributed by atoms with Crippen LogP contribution in [0.4, 0.5) is 0 Å². The Balaban J connectivity index is 3.32. The number of hydrogen-bond acceptors (Lipinski definition) is 4. The highest BCUT2D eigenvalue weighted by Gasteiger charge is 2.16. The molecule has 0 radical (unpaired) electrons. The van der Waals surface area contributed by atoms with Gasteiger partial charge in [0.25, 0.3) is 0 Å². The van der Waals surface area contributed by atoms with E-state index in [0.29, 0.717) is 11.1 Å². The van der Waals surface area contributed by atoms with Crippen LogP contribution in [-0.2, 0) is 11.3 Å². The predicted octanol–water partition coefficient (Wildman–Crippen LogP) is 1.54. The molecule has 16 heavy (non-hydrogen) atoms. The van der Waals surface area contributed by atoms with Crippen LogP contribution in [0.5, 0.6) is 0 Å². The third kappa shape index (κ3) is 2.38. The molecule has 0 aliphatic rings. The van der Waals surface area contributed by atoms with E-state index in [-0.39, 0.29) is 18.8 Å². The molecular formula is C12H13NO3. The number of hydrogen-bond donors (Lipinski definition) is 1. The Kier molecular flexibility index (Phi) is 4.03. The second-order valence-corrected chi connectivity index (χ2v) is 3.33. The van der Waals surface area contributed by atoms with Crippen molar-refractivity contribution in [2.75, 3.05) is 6.61 Å². The number of rotatable bonds is 3. The number of nitriles is 1. The maximum Gasteiger partial charge on any atom is 0.338 e. The first-order chi connectivity index (χ1) is 7.63. The van der Waals surface area contributed by atoms with E-state index >= 15 is 0 Å². The molecule has 0 atom stereocenters. The largest absolute Gasteiger partial charge is 0.462 e. The van der Waals surface area contributed by atoms with E-state index in [1.807, 2.05) is 6.07 Å². The molecule has 0 aliphatic heterocycles. The number of nitrogens with zero attached hydrogens (tertiary/aromatic N) is 1. The molecule has 0 unspecified atom stereocenters. The Morgan fingerprint density at radius 1 is 1.56 bits per heavy atom. The quantitative estimate of drug-likeness (QED) is 0.783. The van der Waals surface area contributed by atoms with Crippen LogP contribution >= 0.6 is 0 Å². The standard InChI is InChI=1S/C12H13NO3/c1-3-16-12(15)10-5-8(2)4-9(6-13)11(10)7-14/h4-5,14H,3,7H2,1-2H3. The monoisotopic (exact) mass is 219 g/mol. The second-order valence-electron chi connectivity index (χ2n) is 3.33. The lowest BCUT2D eigenvalue weighted by Gasteiger charge is -2.09. The van der Waals surface area contributed by atoms with Crippen LogP contribution in [0.3, 0.4) is 0 Å². The summed E-state index contributed by atoms with van der Waals surface area (Å²) in [5.41, 5.74) is 1.69. The molecule has 0 saturated carbocycles. The van der Waals surface area contributed by atoms with Crippen LogP contribution < -0.4 is 0 Å². The normalized spacial score (nSPS) is 9.62. The van der Waals surface area contributed by atoms with Gasteiger partial charge >= 0.3 is 5.97 Å². The summed E-state index contributed by atoms with van der Waals surface area (Å²) in [5, 5.41) is 18.1. The average molecular weight is 219 g/mol. The van der Waals surface area contributed by atoms with E-state index in [2.05, 4.69) is 0 Å². The van der Waals surface area contributed by atoms with E-state index in [1.54, 1.807) is 26.0 Å². The smallest absolute Gasteiger partial charge is 0.338 e. The van der Waals surface area contributed by atoms with Crippen molar-refractivity contribution < 1.29 is 14.6 Å². The zero-order chi connectivity index (χ0) is 12.1. The molecule has 0 heterocycles. The van der Waals surface area contributed by atoms with Crippen molar-refractivity contribution >= 4 is 5.97 Å². The van der Waals surface area contributed by atoms with Crippen LogP contribution in [0.1, 0.15) is 34.0 Å². The van der Waals surface area contributed by atoms with Crippen molar-refractivity contribution in [3.63, 3.8) is 0 Å². The minimum atomic E-state index is -0.508. The van der Waals surface area contributed by atoms with Crippen molar-refractivity contribution in [1.82, 2.24) is 0 Å². The molecule has 0 aromatic heterocycles. The summed E-state index contributed by atoms with van der Waals surface area (Å²) < 4.78 is 4.87. The third-order valence-electron chi connectivity index (χ3n) is 2.17. The Bertz CT molecular complexity index is 446. The number of carbonyl (C=O) groups is 1. The zero-order valence-corrected chi connectivity index (χ0v) is 9.28.